The molecule has 3 aromatic rings. The largest absolute Gasteiger partial charge is 0.465 e. The third kappa shape index (κ3) is 3.04. The van der Waals surface area contributed by atoms with Crippen molar-refractivity contribution in [3.8, 4) is 5.75 Å². The summed E-state index contributed by atoms with van der Waals surface area (Å²) in [5, 5.41) is 1.21. The Balaban J connectivity index is 1.48. The number of thiazole rings is 1. The molecule has 0 spiro atoms. The topological polar surface area (TPSA) is 25.4 Å². The summed E-state index contributed by atoms with van der Waals surface area (Å²) in [7, 11) is 0. The Kier molecular flexibility index (Phi) is 4.70. The summed E-state index contributed by atoms with van der Waals surface area (Å²) in [6.45, 7) is 0. The molecule has 2 aliphatic heterocycles. The number of hydrogen-bond donors (Lipinski definition) is 0. The Hall–Kier alpha value is -1.44. The Morgan fingerprint density at radius 3 is 2.77 bits per heavy atom. The minimum absolute atomic E-state index is 0.0896. The van der Waals surface area contributed by atoms with Crippen LogP contribution >= 0.6 is 43.2 Å². The second-order valence-electron chi connectivity index (χ2n) is 8.25. The Bertz CT molecular complexity index is 1140. The first-order valence-corrected chi connectivity index (χ1v) is 12.7. The van der Waals surface area contributed by atoms with Gasteiger partial charge in [0.25, 0.3) is 0 Å². The maximum atomic E-state index is 15.1. The number of aromatic nitrogens is 1. The van der Waals surface area contributed by atoms with Crippen LogP contribution in [0.3, 0.4) is 0 Å². The third-order valence-electron chi connectivity index (χ3n) is 6.44. The molecule has 30 heavy (non-hydrogen) atoms. The van der Waals surface area contributed by atoms with Crippen molar-refractivity contribution in [1.29, 1.82) is 0 Å². The van der Waals surface area contributed by atoms with Gasteiger partial charge < -0.3 is 9.64 Å². The van der Waals surface area contributed by atoms with E-state index in [9.17, 15) is 0 Å². The van der Waals surface area contributed by atoms with E-state index >= 15 is 4.39 Å². The average molecular weight is 550 g/mol. The van der Waals surface area contributed by atoms with Crippen molar-refractivity contribution in [1.82, 2.24) is 4.98 Å². The van der Waals surface area contributed by atoms with Crippen LogP contribution in [-0.2, 0) is 6.42 Å². The predicted molar refractivity (Wildman–Crippen MR) is 124 cm³/mol. The van der Waals surface area contributed by atoms with Gasteiger partial charge in [-0.05, 0) is 55.2 Å². The van der Waals surface area contributed by atoms with Crippen molar-refractivity contribution in [2.45, 2.75) is 50.3 Å². The monoisotopic (exact) mass is 548 g/mol. The molecule has 0 amide bonds. The molecular formula is C23H19Br2FN2OS. The van der Waals surface area contributed by atoms with Crippen LogP contribution in [0.25, 0.3) is 0 Å². The number of hydrogen-bond acceptors (Lipinski definition) is 4. The zero-order valence-electron chi connectivity index (χ0n) is 16.1. The van der Waals surface area contributed by atoms with E-state index in [1.807, 2.05) is 18.3 Å². The van der Waals surface area contributed by atoms with Crippen molar-refractivity contribution in [3.63, 3.8) is 0 Å². The highest BCUT2D eigenvalue weighted by Crippen LogP contribution is 2.54. The summed E-state index contributed by atoms with van der Waals surface area (Å²) in [6.07, 6.45) is 7.45. The first-order valence-electron chi connectivity index (χ1n) is 10.3. The first kappa shape index (κ1) is 19.3. The summed E-state index contributed by atoms with van der Waals surface area (Å²) >= 11 is 8.76. The molecule has 1 aliphatic carbocycles. The van der Waals surface area contributed by atoms with Gasteiger partial charge in [0, 0.05) is 26.7 Å². The second-order valence-corrected chi connectivity index (χ2v) is 11.2. The summed E-state index contributed by atoms with van der Waals surface area (Å²) < 4.78 is 23.3. The number of rotatable bonds is 2. The molecule has 3 heterocycles. The lowest BCUT2D eigenvalue weighted by molar-refractivity contribution is 0.167. The second kappa shape index (κ2) is 7.31. The fourth-order valence-electron chi connectivity index (χ4n) is 5.11. The lowest BCUT2D eigenvalue weighted by Gasteiger charge is -2.40. The van der Waals surface area contributed by atoms with E-state index in [1.54, 1.807) is 11.3 Å². The molecule has 1 fully saturated rings. The third-order valence-corrected chi connectivity index (χ3v) is 8.58. The fraction of sp³-hybridized carbons (Fsp3) is 0.348. The summed E-state index contributed by atoms with van der Waals surface area (Å²) in [5.74, 6) is 0.968. The van der Waals surface area contributed by atoms with Gasteiger partial charge >= 0.3 is 0 Å². The van der Waals surface area contributed by atoms with Crippen molar-refractivity contribution in [3.05, 3.63) is 72.3 Å². The minimum Gasteiger partial charge on any atom is -0.465 e. The molecular weight excluding hydrogens is 531 g/mol. The van der Waals surface area contributed by atoms with E-state index < -0.39 is 0 Å². The molecule has 6 rings (SSSR count). The smallest absolute Gasteiger partial charge is 0.210 e. The fourth-order valence-corrected chi connectivity index (χ4v) is 7.04. The van der Waals surface area contributed by atoms with E-state index in [0.29, 0.717) is 21.7 Å². The zero-order valence-corrected chi connectivity index (χ0v) is 20.1. The summed E-state index contributed by atoms with van der Waals surface area (Å²) in [6, 6.07) is 9.62. The summed E-state index contributed by atoms with van der Waals surface area (Å²) in [4.78, 5) is 8.10. The molecule has 2 unspecified atom stereocenters. The van der Waals surface area contributed by atoms with E-state index in [1.165, 1.54) is 42.3 Å². The van der Waals surface area contributed by atoms with Crippen LogP contribution in [0, 0.1) is 5.82 Å². The predicted octanol–water partition coefficient (Wildman–Crippen LogP) is 7.66. The van der Waals surface area contributed by atoms with Crippen LogP contribution in [0.2, 0.25) is 0 Å². The highest BCUT2D eigenvalue weighted by Gasteiger charge is 2.44. The minimum atomic E-state index is -0.300. The number of fused-ring (bicyclic) bond motifs is 5. The van der Waals surface area contributed by atoms with Gasteiger partial charge in [-0.15, -0.1) is 11.3 Å². The summed E-state index contributed by atoms with van der Waals surface area (Å²) in [5.41, 5.74) is 2.96. The molecule has 3 aliphatic rings. The molecule has 0 saturated heterocycles. The lowest BCUT2D eigenvalue weighted by Crippen LogP contribution is -2.37. The molecule has 2 aromatic carbocycles. The molecule has 2 atom stereocenters. The lowest BCUT2D eigenvalue weighted by atomic mass is 9.99. The maximum Gasteiger partial charge on any atom is 0.210 e. The number of anilines is 1. The molecule has 1 aromatic heterocycles. The van der Waals surface area contributed by atoms with Gasteiger partial charge in [-0.3, -0.25) is 0 Å². The first-order chi connectivity index (χ1) is 14.6. The molecule has 3 nitrogen and oxygen atoms in total. The van der Waals surface area contributed by atoms with Crippen molar-refractivity contribution < 1.29 is 9.13 Å². The molecule has 154 valence electrons. The molecule has 1 saturated carbocycles. The number of benzene rings is 2. The van der Waals surface area contributed by atoms with Crippen molar-refractivity contribution in [2.24, 2.45) is 0 Å². The van der Waals surface area contributed by atoms with Crippen molar-refractivity contribution >= 4 is 48.9 Å². The Morgan fingerprint density at radius 2 is 1.93 bits per heavy atom. The SMILES string of the molecule is Fc1cc(Br)cc2c1C1Cc3cc(Br)ccc3N1C(c1cnc(C3CCCC3)s1)O2. The maximum absolute atomic E-state index is 15.1. The quantitative estimate of drug-likeness (QED) is 0.328. The molecule has 7 heteroatoms. The van der Waals surface area contributed by atoms with Crippen LogP contribution in [0.15, 0.2) is 45.5 Å². The normalized spacial score (nSPS) is 22.6. The van der Waals surface area contributed by atoms with Gasteiger partial charge in [0.05, 0.1) is 21.5 Å². The molecule has 0 N–H and O–H groups in total. The number of halogens is 3. The van der Waals surface area contributed by atoms with Crippen LogP contribution in [0.4, 0.5) is 10.1 Å². The van der Waals surface area contributed by atoms with Crippen LogP contribution < -0.4 is 9.64 Å². The molecule has 0 radical (unpaired) electrons. The van der Waals surface area contributed by atoms with Gasteiger partial charge in [0.15, 0.2) is 0 Å². The Labute approximate surface area is 195 Å². The Morgan fingerprint density at radius 1 is 1.10 bits per heavy atom. The van der Waals surface area contributed by atoms with E-state index in [2.05, 4.69) is 48.9 Å². The highest BCUT2D eigenvalue weighted by atomic mass is 79.9. The van der Waals surface area contributed by atoms with Gasteiger partial charge in [0.2, 0.25) is 6.23 Å². The number of nitrogens with zero attached hydrogens (tertiary/aromatic N) is 2. The van der Waals surface area contributed by atoms with Crippen LogP contribution in [0.5, 0.6) is 5.75 Å². The van der Waals surface area contributed by atoms with E-state index in [-0.39, 0.29) is 18.1 Å². The highest BCUT2D eigenvalue weighted by molar-refractivity contribution is 9.10. The van der Waals surface area contributed by atoms with Gasteiger partial charge in [-0.2, -0.15) is 0 Å². The van der Waals surface area contributed by atoms with Crippen LogP contribution in [-0.4, -0.2) is 4.98 Å². The van der Waals surface area contributed by atoms with Crippen molar-refractivity contribution in [2.75, 3.05) is 4.90 Å². The van der Waals surface area contributed by atoms with Gasteiger partial charge in [-0.1, -0.05) is 44.7 Å². The molecule has 0 bridgehead atoms. The van der Waals surface area contributed by atoms with Crippen LogP contribution in [0.1, 0.15) is 64.9 Å². The van der Waals surface area contributed by atoms with E-state index in [4.69, 9.17) is 9.72 Å². The van der Waals surface area contributed by atoms with Gasteiger partial charge in [0.1, 0.15) is 11.6 Å². The average Bonchev–Trinajstić information content (AvgIpc) is 3.45. The van der Waals surface area contributed by atoms with Gasteiger partial charge in [-0.25, -0.2) is 9.37 Å². The van der Waals surface area contributed by atoms with E-state index in [0.717, 1.165) is 21.5 Å². The number of ether oxygens (including phenoxy) is 1. The zero-order chi connectivity index (χ0) is 20.4. The standard InChI is InChI=1S/C23H19Br2FN2OS/c24-14-5-6-17-13(7-14)8-18-21-16(26)9-15(25)10-19(21)29-23(28(17)18)20-11-27-22(30-20)12-3-1-2-4-12/h5-7,9-12,18,23H,1-4,8H2.